The van der Waals surface area contributed by atoms with Crippen LogP contribution in [0.4, 0.5) is 4.79 Å². The minimum absolute atomic E-state index is 0.414. The van der Waals surface area contributed by atoms with Crippen molar-refractivity contribution in [2.45, 2.75) is 56.2 Å². The zero-order chi connectivity index (χ0) is 13.9. The number of ether oxygens (including phenoxy) is 1. The average molecular weight is 267 g/mol. The molecule has 0 spiro atoms. The second-order valence-corrected chi connectivity index (χ2v) is 5.16. The molecule has 2 aliphatic carbocycles. The van der Waals surface area contributed by atoms with E-state index in [9.17, 15) is 14.4 Å². The van der Waals surface area contributed by atoms with Crippen molar-refractivity contribution in [2.24, 2.45) is 10.7 Å². The van der Waals surface area contributed by atoms with Crippen LogP contribution in [0.15, 0.2) is 4.99 Å². The number of isocyanates is 1. The Balaban J connectivity index is 2.11. The van der Waals surface area contributed by atoms with Gasteiger partial charge in [0.1, 0.15) is 5.66 Å². The summed E-state index contributed by atoms with van der Waals surface area (Å²) in [7, 11) is 0. The van der Waals surface area contributed by atoms with Crippen LogP contribution in [-0.2, 0) is 14.3 Å². The van der Waals surface area contributed by atoms with Gasteiger partial charge in [-0.3, -0.25) is 4.79 Å². The maximum absolute atomic E-state index is 12.4. The highest BCUT2D eigenvalue weighted by Crippen LogP contribution is 2.39. The largest absolute Gasteiger partial charge is 0.433 e. The van der Waals surface area contributed by atoms with Gasteiger partial charge in [-0.05, 0) is 38.5 Å². The van der Waals surface area contributed by atoms with Crippen LogP contribution in [0, 0.1) is 0 Å². The van der Waals surface area contributed by atoms with Gasteiger partial charge < -0.3 is 15.8 Å². The van der Waals surface area contributed by atoms with Crippen LogP contribution in [0.2, 0.25) is 0 Å². The van der Waals surface area contributed by atoms with E-state index in [4.69, 9.17) is 10.5 Å². The smallest absolute Gasteiger partial charge is 0.405 e. The van der Waals surface area contributed by atoms with Crippen LogP contribution in [0.25, 0.3) is 0 Å². The summed E-state index contributed by atoms with van der Waals surface area (Å²) < 4.78 is 5.08. The molecule has 0 unspecified atom stereocenters. The number of carbonyl (C=O) groups excluding carboxylic acids is 3. The first-order valence-corrected chi connectivity index (χ1v) is 6.42. The highest BCUT2D eigenvalue weighted by Gasteiger charge is 2.51. The molecule has 0 aromatic rings. The zero-order valence-corrected chi connectivity index (χ0v) is 10.6. The SMILES string of the molecule is NC(=O)OC1(C(=O)NC2(N=C=O)CC2)CCCCC1. The molecule has 19 heavy (non-hydrogen) atoms. The summed E-state index contributed by atoms with van der Waals surface area (Å²) >= 11 is 0. The van der Waals surface area contributed by atoms with Crippen molar-refractivity contribution in [3.05, 3.63) is 0 Å². The second kappa shape index (κ2) is 5.01. The molecule has 2 amide bonds. The van der Waals surface area contributed by atoms with Gasteiger partial charge in [-0.15, -0.1) is 0 Å². The third-order valence-corrected chi connectivity index (χ3v) is 3.70. The lowest BCUT2D eigenvalue weighted by molar-refractivity contribution is -0.144. The molecule has 0 aromatic carbocycles. The minimum Gasteiger partial charge on any atom is -0.433 e. The van der Waals surface area contributed by atoms with Gasteiger partial charge in [-0.25, -0.2) is 9.59 Å². The van der Waals surface area contributed by atoms with E-state index >= 15 is 0 Å². The number of nitrogens with one attached hydrogen (secondary N) is 1. The van der Waals surface area contributed by atoms with Gasteiger partial charge in [0.15, 0.2) is 5.60 Å². The van der Waals surface area contributed by atoms with Gasteiger partial charge in [-0.2, -0.15) is 4.99 Å². The van der Waals surface area contributed by atoms with Crippen molar-refractivity contribution in [1.82, 2.24) is 5.32 Å². The van der Waals surface area contributed by atoms with Gasteiger partial charge >= 0.3 is 6.09 Å². The van der Waals surface area contributed by atoms with Crippen molar-refractivity contribution in [3.63, 3.8) is 0 Å². The number of rotatable bonds is 4. The van der Waals surface area contributed by atoms with E-state index in [0.717, 1.165) is 19.3 Å². The number of nitrogens with two attached hydrogens (primary N) is 1. The van der Waals surface area contributed by atoms with Crippen molar-refractivity contribution in [2.75, 3.05) is 0 Å². The zero-order valence-electron chi connectivity index (χ0n) is 10.6. The summed E-state index contributed by atoms with van der Waals surface area (Å²) in [5.74, 6) is -0.414. The predicted molar refractivity (Wildman–Crippen MR) is 64.7 cm³/mol. The highest BCUT2D eigenvalue weighted by molar-refractivity contribution is 5.88. The lowest BCUT2D eigenvalue weighted by atomic mass is 9.83. The standard InChI is InChI=1S/C12H17N3O4/c13-10(18)19-11(4-2-1-3-5-11)9(17)15-12(6-7-12)14-8-16/h1-7H2,(H2,13,18)(H,15,17). The minimum atomic E-state index is -1.21. The summed E-state index contributed by atoms with van der Waals surface area (Å²) in [6.07, 6.45) is 5.18. The monoisotopic (exact) mass is 267 g/mol. The van der Waals surface area contributed by atoms with Gasteiger partial charge in [0.2, 0.25) is 6.08 Å². The molecule has 2 aliphatic rings. The first kappa shape index (κ1) is 13.5. The van der Waals surface area contributed by atoms with Crippen LogP contribution < -0.4 is 11.1 Å². The Hall–Kier alpha value is -1.88. The van der Waals surface area contributed by atoms with Crippen molar-refractivity contribution in [3.8, 4) is 0 Å². The Morgan fingerprint density at radius 1 is 1.16 bits per heavy atom. The molecule has 0 bridgehead atoms. The van der Waals surface area contributed by atoms with E-state index in [1.165, 1.54) is 6.08 Å². The van der Waals surface area contributed by atoms with Crippen LogP contribution in [0.1, 0.15) is 44.9 Å². The summed E-state index contributed by atoms with van der Waals surface area (Å²) in [4.78, 5) is 37.3. The van der Waals surface area contributed by atoms with E-state index in [1.54, 1.807) is 0 Å². The van der Waals surface area contributed by atoms with Gasteiger partial charge in [0.25, 0.3) is 5.91 Å². The second-order valence-electron chi connectivity index (χ2n) is 5.16. The maximum atomic E-state index is 12.4. The van der Waals surface area contributed by atoms with E-state index in [1.807, 2.05) is 0 Å². The average Bonchev–Trinajstić information content (AvgIpc) is 3.09. The summed E-state index contributed by atoms with van der Waals surface area (Å²) in [5, 5.41) is 2.68. The first-order valence-electron chi connectivity index (χ1n) is 6.42. The Morgan fingerprint density at radius 3 is 2.26 bits per heavy atom. The molecule has 104 valence electrons. The lowest BCUT2D eigenvalue weighted by Crippen LogP contribution is -2.54. The van der Waals surface area contributed by atoms with Crippen molar-refractivity contribution in [1.29, 1.82) is 0 Å². The predicted octanol–water partition coefficient (Wildman–Crippen LogP) is 0.727. The Labute approximate surface area is 110 Å². The van der Waals surface area contributed by atoms with E-state index in [-0.39, 0.29) is 0 Å². The summed E-state index contributed by atoms with van der Waals surface area (Å²) in [5.41, 5.74) is 3.00. The number of carbonyl (C=O) groups is 2. The normalized spacial score (nSPS) is 22.7. The third-order valence-electron chi connectivity index (χ3n) is 3.70. The molecule has 3 N–H and O–H groups in total. The quantitative estimate of drug-likeness (QED) is 0.577. The maximum Gasteiger partial charge on any atom is 0.405 e. The number of nitrogens with zero attached hydrogens (tertiary/aromatic N) is 1. The Bertz CT molecular complexity index is 432. The molecule has 7 nitrogen and oxygen atoms in total. The van der Waals surface area contributed by atoms with Crippen LogP contribution >= 0.6 is 0 Å². The molecule has 0 radical (unpaired) electrons. The van der Waals surface area contributed by atoms with Gasteiger partial charge in [0.05, 0.1) is 0 Å². The molecular weight excluding hydrogens is 250 g/mol. The molecule has 0 atom stereocenters. The highest BCUT2D eigenvalue weighted by atomic mass is 16.6. The molecule has 0 saturated heterocycles. The van der Waals surface area contributed by atoms with Gasteiger partial charge in [0, 0.05) is 0 Å². The van der Waals surface area contributed by atoms with Crippen molar-refractivity contribution >= 4 is 18.1 Å². The topological polar surface area (TPSA) is 111 Å². The Morgan fingerprint density at radius 2 is 1.79 bits per heavy atom. The fraction of sp³-hybridized carbons (Fsp3) is 0.750. The number of aliphatic imine (C=N–C) groups is 1. The molecule has 7 heteroatoms. The number of amides is 2. The molecule has 0 heterocycles. The molecule has 0 aromatic heterocycles. The fourth-order valence-electron chi connectivity index (χ4n) is 2.49. The van der Waals surface area contributed by atoms with Crippen LogP contribution in [0.3, 0.4) is 0 Å². The molecule has 2 rings (SSSR count). The van der Waals surface area contributed by atoms with Crippen LogP contribution in [-0.4, -0.2) is 29.3 Å². The number of hydrogen-bond acceptors (Lipinski definition) is 5. The number of hydrogen-bond donors (Lipinski definition) is 2. The third kappa shape index (κ3) is 2.93. The molecule has 0 aliphatic heterocycles. The van der Waals surface area contributed by atoms with Crippen molar-refractivity contribution < 1.29 is 19.1 Å². The van der Waals surface area contributed by atoms with Crippen LogP contribution in [0.5, 0.6) is 0 Å². The Kier molecular flexibility index (Phi) is 3.57. The molecular formula is C12H17N3O4. The summed E-state index contributed by atoms with van der Waals surface area (Å²) in [6.45, 7) is 0. The number of primary amides is 1. The fourth-order valence-corrected chi connectivity index (χ4v) is 2.49. The molecule has 2 saturated carbocycles. The first-order chi connectivity index (χ1) is 9.02. The van der Waals surface area contributed by atoms with E-state index < -0.39 is 23.3 Å². The summed E-state index contributed by atoms with van der Waals surface area (Å²) in [6, 6.07) is 0. The lowest BCUT2D eigenvalue weighted by Gasteiger charge is -2.35. The van der Waals surface area contributed by atoms with Gasteiger partial charge in [-0.1, -0.05) is 6.42 Å². The van der Waals surface area contributed by atoms with E-state index in [0.29, 0.717) is 25.7 Å². The van der Waals surface area contributed by atoms with E-state index in [2.05, 4.69) is 10.3 Å². The molecule has 2 fully saturated rings.